The maximum atomic E-state index is 5.98. The average molecular weight is 377 g/mol. The van der Waals surface area contributed by atoms with Crippen LogP contribution in [0.4, 0.5) is 0 Å². The monoisotopic (exact) mass is 376 g/mol. The molecule has 0 saturated carbocycles. The van der Waals surface area contributed by atoms with Crippen molar-refractivity contribution in [3.8, 4) is 11.5 Å². The van der Waals surface area contributed by atoms with Crippen LogP contribution in [0.25, 0.3) is 0 Å². The van der Waals surface area contributed by atoms with E-state index in [0.717, 1.165) is 33.6 Å². The summed E-state index contributed by atoms with van der Waals surface area (Å²) in [6.45, 7) is 5.62. The van der Waals surface area contributed by atoms with Gasteiger partial charge in [-0.1, -0.05) is 46.3 Å². The number of nitrogens with zero attached hydrogens (tertiary/aromatic N) is 1. The SMILES string of the molecule is COc1cc(Br)c(CN2NC2(C)C)cc1OCc1ccccc1. The van der Waals surface area contributed by atoms with Gasteiger partial charge in [0.15, 0.2) is 11.5 Å². The molecule has 1 unspecified atom stereocenters. The fourth-order valence-electron chi connectivity index (χ4n) is 2.42. The topological polar surface area (TPSA) is 43.4 Å². The predicted molar refractivity (Wildman–Crippen MR) is 94.2 cm³/mol. The summed E-state index contributed by atoms with van der Waals surface area (Å²) in [6, 6.07) is 14.1. The quantitative estimate of drug-likeness (QED) is 0.770. The third-order valence-electron chi connectivity index (χ3n) is 3.93. The van der Waals surface area contributed by atoms with Crippen LogP contribution in [0.15, 0.2) is 46.9 Å². The second kappa shape index (κ2) is 6.51. The Labute approximate surface area is 145 Å². The van der Waals surface area contributed by atoms with Crippen LogP contribution in [0.1, 0.15) is 25.0 Å². The van der Waals surface area contributed by atoms with Crippen molar-refractivity contribution in [2.75, 3.05) is 7.11 Å². The first kappa shape index (κ1) is 16.3. The highest BCUT2D eigenvalue weighted by atomic mass is 79.9. The third kappa shape index (κ3) is 3.86. The number of halogens is 1. The lowest BCUT2D eigenvalue weighted by atomic mass is 10.2. The van der Waals surface area contributed by atoms with E-state index >= 15 is 0 Å². The summed E-state index contributed by atoms with van der Waals surface area (Å²) in [5.74, 6) is 1.49. The van der Waals surface area contributed by atoms with Gasteiger partial charge in [0.05, 0.1) is 12.8 Å². The molecule has 0 aliphatic carbocycles. The molecule has 5 heteroatoms. The molecule has 1 aliphatic rings. The normalized spacial score (nSPS) is 18.5. The number of nitrogens with one attached hydrogen (secondary N) is 1. The Morgan fingerprint density at radius 3 is 2.43 bits per heavy atom. The van der Waals surface area contributed by atoms with Gasteiger partial charge in [-0.3, -0.25) is 0 Å². The summed E-state index contributed by atoms with van der Waals surface area (Å²) < 4.78 is 12.4. The van der Waals surface area contributed by atoms with Gasteiger partial charge in [-0.15, -0.1) is 0 Å². The molecule has 0 spiro atoms. The molecular weight excluding hydrogens is 356 g/mol. The smallest absolute Gasteiger partial charge is 0.162 e. The lowest BCUT2D eigenvalue weighted by Crippen LogP contribution is -2.09. The fourth-order valence-corrected chi connectivity index (χ4v) is 2.87. The molecular formula is C18H21BrN2O2. The zero-order chi connectivity index (χ0) is 16.4. The molecule has 1 heterocycles. The van der Waals surface area contributed by atoms with E-state index in [0.29, 0.717) is 6.61 Å². The van der Waals surface area contributed by atoms with Gasteiger partial charge >= 0.3 is 0 Å². The highest BCUT2D eigenvalue weighted by Crippen LogP contribution is 2.36. The molecule has 1 aliphatic heterocycles. The van der Waals surface area contributed by atoms with Gasteiger partial charge in [0.2, 0.25) is 0 Å². The van der Waals surface area contributed by atoms with Crippen molar-refractivity contribution in [2.24, 2.45) is 0 Å². The molecule has 0 radical (unpaired) electrons. The largest absolute Gasteiger partial charge is 0.493 e. The molecule has 1 saturated heterocycles. The Kier molecular flexibility index (Phi) is 4.62. The van der Waals surface area contributed by atoms with Gasteiger partial charge in [-0.25, -0.2) is 10.4 Å². The van der Waals surface area contributed by atoms with Gasteiger partial charge in [0, 0.05) is 11.0 Å². The van der Waals surface area contributed by atoms with Crippen molar-refractivity contribution in [1.29, 1.82) is 0 Å². The minimum atomic E-state index is 0.0599. The van der Waals surface area contributed by atoms with E-state index in [-0.39, 0.29) is 5.66 Å². The number of benzene rings is 2. The Balaban J connectivity index is 1.77. The molecule has 3 rings (SSSR count). The van der Waals surface area contributed by atoms with Crippen molar-refractivity contribution >= 4 is 15.9 Å². The number of hydrogen-bond donors (Lipinski definition) is 1. The van der Waals surface area contributed by atoms with Crippen molar-refractivity contribution in [2.45, 2.75) is 32.7 Å². The average Bonchev–Trinajstić information content (AvgIpc) is 3.15. The van der Waals surface area contributed by atoms with Crippen LogP contribution in [0, 0.1) is 0 Å². The molecule has 1 N–H and O–H groups in total. The molecule has 0 bridgehead atoms. The molecule has 0 aromatic heterocycles. The molecule has 2 aromatic carbocycles. The van der Waals surface area contributed by atoms with Crippen LogP contribution < -0.4 is 14.9 Å². The second-order valence-electron chi connectivity index (χ2n) is 6.13. The van der Waals surface area contributed by atoms with E-state index in [2.05, 4.69) is 52.3 Å². The number of hydrogen-bond acceptors (Lipinski definition) is 4. The Morgan fingerprint density at radius 2 is 1.83 bits per heavy atom. The number of ether oxygens (including phenoxy) is 2. The summed E-state index contributed by atoms with van der Waals surface area (Å²) in [7, 11) is 1.66. The Bertz CT molecular complexity index is 689. The first-order valence-electron chi connectivity index (χ1n) is 7.58. The number of rotatable bonds is 6. The second-order valence-corrected chi connectivity index (χ2v) is 6.98. The zero-order valence-electron chi connectivity index (χ0n) is 13.6. The standard InChI is InChI=1S/C18H21BrN2O2/c1-18(2)20-21(18)11-14-9-17(16(22-3)10-15(14)19)23-12-13-7-5-4-6-8-13/h4-10,20H,11-12H2,1-3H3. The minimum Gasteiger partial charge on any atom is -0.493 e. The van der Waals surface area contributed by atoms with E-state index in [9.17, 15) is 0 Å². The van der Waals surface area contributed by atoms with E-state index in [1.807, 2.05) is 30.3 Å². The molecule has 2 aromatic rings. The van der Waals surface area contributed by atoms with Gasteiger partial charge in [-0.05, 0) is 37.1 Å². The lowest BCUT2D eigenvalue weighted by molar-refractivity contribution is 0.283. The maximum Gasteiger partial charge on any atom is 0.162 e. The van der Waals surface area contributed by atoms with E-state index in [1.165, 1.54) is 0 Å². The van der Waals surface area contributed by atoms with Crippen LogP contribution in [-0.2, 0) is 13.2 Å². The van der Waals surface area contributed by atoms with E-state index in [1.54, 1.807) is 7.11 Å². The molecule has 0 amide bonds. The van der Waals surface area contributed by atoms with Gasteiger partial charge in [-0.2, -0.15) is 0 Å². The summed E-state index contributed by atoms with van der Waals surface area (Å²) >= 11 is 3.62. The molecule has 23 heavy (non-hydrogen) atoms. The minimum absolute atomic E-state index is 0.0599. The van der Waals surface area contributed by atoms with Crippen molar-refractivity contribution in [3.05, 3.63) is 58.1 Å². The van der Waals surface area contributed by atoms with E-state index in [4.69, 9.17) is 9.47 Å². The third-order valence-corrected chi connectivity index (χ3v) is 4.67. The summed E-state index contributed by atoms with van der Waals surface area (Å²) in [6.07, 6.45) is 0. The zero-order valence-corrected chi connectivity index (χ0v) is 15.2. The molecule has 4 nitrogen and oxygen atoms in total. The molecule has 1 atom stereocenters. The Hall–Kier alpha value is -1.56. The molecule has 1 fully saturated rings. The fraction of sp³-hybridized carbons (Fsp3) is 0.333. The van der Waals surface area contributed by atoms with Crippen LogP contribution in [-0.4, -0.2) is 17.8 Å². The highest BCUT2D eigenvalue weighted by Gasteiger charge is 2.42. The first-order chi connectivity index (χ1) is 11.0. The Morgan fingerprint density at radius 1 is 1.13 bits per heavy atom. The van der Waals surface area contributed by atoms with Gasteiger partial charge in [0.25, 0.3) is 0 Å². The number of methoxy groups -OCH3 is 1. The van der Waals surface area contributed by atoms with Crippen LogP contribution >= 0.6 is 15.9 Å². The summed E-state index contributed by atoms with van der Waals surface area (Å²) in [5, 5.41) is 2.18. The van der Waals surface area contributed by atoms with Crippen LogP contribution in [0.2, 0.25) is 0 Å². The first-order valence-corrected chi connectivity index (χ1v) is 8.37. The lowest BCUT2D eigenvalue weighted by Gasteiger charge is -2.14. The van der Waals surface area contributed by atoms with Gasteiger partial charge < -0.3 is 9.47 Å². The molecule has 122 valence electrons. The van der Waals surface area contributed by atoms with Crippen molar-refractivity contribution in [3.63, 3.8) is 0 Å². The van der Waals surface area contributed by atoms with Crippen molar-refractivity contribution < 1.29 is 9.47 Å². The summed E-state index contributed by atoms with van der Waals surface area (Å²) in [4.78, 5) is 0. The summed E-state index contributed by atoms with van der Waals surface area (Å²) in [5.41, 5.74) is 5.68. The van der Waals surface area contributed by atoms with Crippen molar-refractivity contribution in [1.82, 2.24) is 10.4 Å². The maximum absolute atomic E-state index is 5.98. The van der Waals surface area contributed by atoms with Crippen LogP contribution in [0.5, 0.6) is 11.5 Å². The predicted octanol–water partition coefficient (Wildman–Crippen LogP) is 4.09. The van der Waals surface area contributed by atoms with E-state index < -0.39 is 0 Å². The van der Waals surface area contributed by atoms with Gasteiger partial charge in [0.1, 0.15) is 6.61 Å². The number of hydrazine groups is 1. The van der Waals surface area contributed by atoms with Crippen LogP contribution in [0.3, 0.4) is 0 Å². The highest BCUT2D eigenvalue weighted by molar-refractivity contribution is 9.10.